The molecule has 0 saturated carbocycles. The Hall–Kier alpha value is -2.42. The van der Waals surface area contributed by atoms with Crippen LogP contribution < -0.4 is 5.32 Å². The lowest BCUT2D eigenvalue weighted by Crippen LogP contribution is -2.13. The van der Waals surface area contributed by atoms with E-state index in [9.17, 15) is 4.79 Å². The van der Waals surface area contributed by atoms with E-state index in [0.29, 0.717) is 23.9 Å². The van der Waals surface area contributed by atoms with Crippen molar-refractivity contribution >= 4 is 28.0 Å². The minimum Gasteiger partial charge on any atom is -0.301 e. The Morgan fingerprint density at radius 1 is 1.28 bits per heavy atom. The van der Waals surface area contributed by atoms with Gasteiger partial charge in [-0.05, 0) is 31.7 Å². The number of anilines is 1. The molecule has 3 aromatic rings. The van der Waals surface area contributed by atoms with E-state index in [-0.39, 0.29) is 5.91 Å². The van der Waals surface area contributed by atoms with E-state index in [4.69, 9.17) is 0 Å². The van der Waals surface area contributed by atoms with Crippen molar-refractivity contribution in [1.29, 1.82) is 0 Å². The van der Waals surface area contributed by atoms with Crippen molar-refractivity contribution in [2.45, 2.75) is 47.0 Å². The van der Waals surface area contributed by atoms with Crippen LogP contribution >= 0.6 is 11.3 Å². The number of nitrogens with one attached hydrogen (secondary N) is 1. The van der Waals surface area contributed by atoms with E-state index in [1.165, 1.54) is 11.3 Å². The Morgan fingerprint density at radius 2 is 2.08 bits per heavy atom. The monoisotopic (exact) mass is 359 g/mol. The van der Waals surface area contributed by atoms with Gasteiger partial charge in [-0.15, -0.1) is 20.4 Å². The van der Waals surface area contributed by atoms with Gasteiger partial charge in [0.25, 0.3) is 0 Å². The van der Waals surface area contributed by atoms with Gasteiger partial charge in [-0.2, -0.15) is 5.10 Å². The molecule has 8 nitrogen and oxygen atoms in total. The van der Waals surface area contributed by atoms with Crippen LogP contribution in [0.25, 0.3) is 5.65 Å². The number of carbonyl (C=O) groups is 1. The van der Waals surface area contributed by atoms with E-state index >= 15 is 0 Å². The Morgan fingerprint density at radius 3 is 2.84 bits per heavy atom. The minimum atomic E-state index is -0.0765. The number of aryl methyl sites for hydroxylation is 2. The van der Waals surface area contributed by atoms with Crippen molar-refractivity contribution in [3.05, 3.63) is 28.2 Å². The zero-order valence-corrected chi connectivity index (χ0v) is 15.6. The number of amides is 1. The molecule has 0 aromatic carbocycles. The van der Waals surface area contributed by atoms with Crippen molar-refractivity contribution in [3.63, 3.8) is 0 Å². The summed E-state index contributed by atoms with van der Waals surface area (Å²) in [6, 6.07) is 0. The zero-order chi connectivity index (χ0) is 18.0. The molecule has 1 amide bonds. The number of hydrogen-bond donors (Lipinski definition) is 1. The third kappa shape index (κ3) is 3.98. The van der Waals surface area contributed by atoms with Crippen LogP contribution in [0, 0.1) is 19.8 Å². The van der Waals surface area contributed by atoms with Gasteiger partial charge in [0, 0.05) is 18.4 Å². The summed E-state index contributed by atoms with van der Waals surface area (Å²) in [4.78, 5) is 12.2. The highest BCUT2D eigenvalue weighted by atomic mass is 32.1. The fraction of sp³-hybridized carbons (Fsp3) is 0.500. The van der Waals surface area contributed by atoms with Gasteiger partial charge >= 0.3 is 0 Å². The van der Waals surface area contributed by atoms with Gasteiger partial charge in [-0.3, -0.25) is 4.79 Å². The Bertz CT molecular complexity index is 899. The Labute approximate surface area is 149 Å². The average molecular weight is 359 g/mol. The molecule has 0 spiro atoms. The fourth-order valence-electron chi connectivity index (χ4n) is 2.70. The van der Waals surface area contributed by atoms with Crippen LogP contribution in [0.15, 0.2) is 6.33 Å². The molecule has 0 unspecified atom stereocenters. The maximum absolute atomic E-state index is 12.2. The summed E-state index contributed by atoms with van der Waals surface area (Å²) in [7, 11) is 0. The highest BCUT2D eigenvalue weighted by Crippen LogP contribution is 2.20. The van der Waals surface area contributed by atoms with E-state index in [1.54, 1.807) is 10.8 Å². The molecular formula is C16H21N7OS. The molecule has 1 N–H and O–H groups in total. The van der Waals surface area contributed by atoms with Crippen molar-refractivity contribution in [1.82, 2.24) is 30.0 Å². The van der Waals surface area contributed by atoms with E-state index in [0.717, 1.165) is 33.9 Å². The number of aromatic nitrogens is 6. The topological polar surface area (TPSA) is 98.0 Å². The van der Waals surface area contributed by atoms with E-state index < -0.39 is 0 Å². The Kier molecular flexibility index (Phi) is 5.03. The summed E-state index contributed by atoms with van der Waals surface area (Å²) in [6.45, 7) is 8.17. The molecule has 0 fully saturated rings. The number of carbonyl (C=O) groups excluding carboxylic acids is 1. The van der Waals surface area contributed by atoms with Gasteiger partial charge in [0.05, 0.1) is 5.69 Å². The SMILES string of the molecule is Cc1nn2cnnc2c(C)c1CCC(=O)Nc1nnc(CC(C)C)s1. The number of fused-ring (bicyclic) bond motifs is 1. The molecule has 3 aromatic heterocycles. The lowest BCUT2D eigenvalue weighted by Gasteiger charge is -2.09. The average Bonchev–Trinajstić information content (AvgIpc) is 3.15. The van der Waals surface area contributed by atoms with Gasteiger partial charge in [-0.1, -0.05) is 25.2 Å². The van der Waals surface area contributed by atoms with Gasteiger partial charge in [0.2, 0.25) is 11.0 Å². The molecule has 0 atom stereocenters. The summed E-state index contributed by atoms with van der Waals surface area (Å²) in [5.41, 5.74) is 3.65. The number of rotatable bonds is 6. The fourth-order valence-corrected chi connectivity index (χ4v) is 3.67. The van der Waals surface area contributed by atoms with E-state index in [2.05, 4.69) is 44.7 Å². The normalized spacial score (nSPS) is 11.4. The second-order valence-electron chi connectivity index (χ2n) is 6.44. The maximum atomic E-state index is 12.2. The maximum Gasteiger partial charge on any atom is 0.226 e. The summed E-state index contributed by atoms with van der Waals surface area (Å²) < 4.78 is 1.66. The van der Waals surface area contributed by atoms with Crippen molar-refractivity contribution in [3.8, 4) is 0 Å². The lowest BCUT2D eigenvalue weighted by atomic mass is 10.0. The van der Waals surface area contributed by atoms with Crippen LogP contribution in [0.3, 0.4) is 0 Å². The van der Waals surface area contributed by atoms with Crippen molar-refractivity contribution < 1.29 is 4.79 Å². The second kappa shape index (κ2) is 7.22. The predicted octanol–water partition coefficient (Wildman–Crippen LogP) is 2.36. The van der Waals surface area contributed by atoms with Crippen LogP contribution in [0.4, 0.5) is 5.13 Å². The molecule has 9 heteroatoms. The molecule has 0 saturated heterocycles. The van der Waals surface area contributed by atoms with Gasteiger partial charge in [-0.25, -0.2) is 4.52 Å². The summed E-state index contributed by atoms with van der Waals surface area (Å²) in [5, 5.41) is 24.9. The smallest absolute Gasteiger partial charge is 0.226 e. The second-order valence-corrected chi connectivity index (χ2v) is 7.50. The third-order valence-corrected chi connectivity index (χ3v) is 4.77. The first-order valence-corrected chi connectivity index (χ1v) is 9.04. The van der Waals surface area contributed by atoms with E-state index in [1.807, 2.05) is 13.8 Å². The molecular weight excluding hydrogens is 338 g/mol. The standard InChI is InChI=1S/C16H21N7OS/c1-9(2)7-14-19-21-16(25-14)18-13(24)6-5-12-10(3)15-20-17-8-23(15)22-11(12)4/h8-9H,5-7H2,1-4H3,(H,18,21,24). The minimum absolute atomic E-state index is 0.0765. The number of nitrogens with zero attached hydrogens (tertiary/aromatic N) is 6. The first kappa shape index (κ1) is 17.4. The van der Waals surface area contributed by atoms with Crippen LogP contribution in [0.1, 0.15) is 42.1 Å². The molecule has 3 heterocycles. The van der Waals surface area contributed by atoms with Gasteiger partial charge in [0.15, 0.2) is 5.65 Å². The lowest BCUT2D eigenvalue weighted by molar-refractivity contribution is -0.116. The molecule has 0 radical (unpaired) electrons. The Balaban J connectivity index is 1.63. The summed E-state index contributed by atoms with van der Waals surface area (Å²) in [5.74, 6) is 0.439. The third-order valence-electron chi connectivity index (χ3n) is 3.91. The first-order chi connectivity index (χ1) is 11.9. The van der Waals surface area contributed by atoms with Crippen LogP contribution in [-0.4, -0.2) is 35.9 Å². The molecule has 132 valence electrons. The highest BCUT2D eigenvalue weighted by Gasteiger charge is 2.14. The summed E-state index contributed by atoms with van der Waals surface area (Å²) in [6.07, 6.45) is 3.40. The largest absolute Gasteiger partial charge is 0.301 e. The van der Waals surface area contributed by atoms with Crippen LogP contribution in [0.2, 0.25) is 0 Å². The molecule has 0 aliphatic carbocycles. The number of hydrogen-bond acceptors (Lipinski definition) is 7. The van der Waals surface area contributed by atoms with Crippen LogP contribution in [-0.2, 0) is 17.6 Å². The zero-order valence-electron chi connectivity index (χ0n) is 14.8. The van der Waals surface area contributed by atoms with Crippen molar-refractivity contribution in [2.75, 3.05) is 5.32 Å². The summed E-state index contributed by atoms with van der Waals surface area (Å²) >= 11 is 1.43. The molecule has 0 bridgehead atoms. The highest BCUT2D eigenvalue weighted by molar-refractivity contribution is 7.15. The van der Waals surface area contributed by atoms with Crippen LogP contribution in [0.5, 0.6) is 0 Å². The quantitative estimate of drug-likeness (QED) is 0.725. The molecule has 3 rings (SSSR count). The van der Waals surface area contributed by atoms with Gasteiger partial charge in [0.1, 0.15) is 11.3 Å². The molecule has 0 aliphatic heterocycles. The molecule has 0 aliphatic rings. The first-order valence-electron chi connectivity index (χ1n) is 8.22. The van der Waals surface area contributed by atoms with Gasteiger partial charge < -0.3 is 5.32 Å². The predicted molar refractivity (Wildman–Crippen MR) is 95.7 cm³/mol. The molecule has 25 heavy (non-hydrogen) atoms. The van der Waals surface area contributed by atoms with Crippen molar-refractivity contribution in [2.24, 2.45) is 5.92 Å².